The van der Waals surface area contributed by atoms with E-state index < -0.39 is 11.6 Å². The van der Waals surface area contributed by atoms with Crippen LogP contribution in [0, 0.1) is 11.6 Å². The number of benzene rings is 1. The summed E-state index contributed by atoms with van der Waals surface area (Å²) in [7, 11) is 0. The quantitative estimate of drug-likeness (QED) is 0.814. The fourth-order valence-electron chi connectivity index (χ4n) is 2.55. The first kappa shape index (κ1) is 13.6. The van der Waals surface area contributed by atoms with Crippen molar-refractivity contribution in [3.63, 3.8) is 0 Å². The Morgan fingerprint density at radius 3 is 2.80 bits per heavy atom. The number of rotatable bonds is 2. The van der Waals surface area contributed by atoms with Gasteiger partial charge in [0.1, 0.15) is 11.6 Å². The molecule has 0 atom stereocenters. The van der Waals surface area contributed by atoms with Crippen LogP contribution in [0.25, 0.3) is 11.3 Å². The normalized spacial score (nSPS) is 14.7. The predicted molar refractivity (Wildman–Crippen MR) is 77.0 cm³/mol. The molecule has 2 nitrogen and oxygen atoms in total. The zero-order valence-corrected chi connectivity index (χ0v) is 12.3. The number of aromatic nitrogens is 2. The van der Waals surface area contributed by atoms with Gasteiger partial charge in [0.2, 0.25) is 0 Å². The number of hydrogen-bond donors (Lipinski definition) is 0. The summed E-state index contributed by atoms with van der Waals surface area (Å²) in [5.41, 5.74) is 2.11. The van der Waals surface area contributed by atoms with Crippen molar-refractivity contribution in [2.45, 2.75) is 37.8 Å². The summed E-state index contributed by atoms with van der Waals surface area (Å²) in [6, 6.07) is 3.69. The zero-order valence-electron chi connectivity index (χ0n) is 11.5. The molecule has 0 saturated heterocycles. The Balaban J connectivity index is 2.20. The molecule has 0 unspecified atom stereocenters. The molecule has 0 fully saturated rings. The van der Waals surface area contributed by atoms with E-state index in [9.17, 15) is 8.78 Å². The molecule has 2 heterocycles. The van der Waals surface area contributed by atoms with E-state index in [1.54, 1.807) is 11.8 Å². The molecule has 0 spiro atoms. The molecular formula is C15H16F2N2S. The first-order valence-corrected chi connectivity index (χ1v) is 7.75. The third-order valence-electron chi connectivity index (χ3n) is 3.46. The Kier molecular flexibility index (Phi) is 3.54. The zero-order chi connectivity index (χ0) is 14.3. The van der Waals surface area contributed by atoms with Crippen LogP contribution in [0.15, 0.2) is 23.2 Å². The second-order valence-electron chi connectivity index (χ2n) is 5.27. The van der Waals surface area contributed by atoms with Crippen LogP contribution in [0.3, 0.4) is 0 Å². The fraction of sp³-hybridized carbons (Fsp3) is 0.400. The summed E-state index contributed by atoms with van der Waals surface area (Å²) in [5, 5.41) is 5.70. The molecule has 2 aromatic rings. The molecule has 5 heteroatoms. The maximum absolute atomic E-state index is 14.0. The van der Waals surface area contributed by atoms with Crippen molar-refractivity contribution < 1.29 is 8.78 Å². The first-order chi connectivity index (χ1) is 9.58. The van der Waals surface area contributed by atoms with Gasteiger partial charge in [-0.05, 0) is 24.5 Å². The molecular weight excluding hydrogens is 278 g/mol. The number of nitrogens with zero attached hydrogens (tertiary/aromatic N) is 2. The Morgan fingerprint density at radius 2 is 2.10 bits per heavy atom. The highest BCUT2D eigenvalue weighted by atomic mass is 32.2. The summed E-state index contributed by atoms with van der Waals surface area (Å²) >= 11 is 1.77. The van der Waals surface area contributed by atoms with Crippen LogP contribution >= 0.6 is 11.8 Å². The van der Waals surface area contributed by atoms with Gasteiger partial charge in [-0.25, -0.2) is 8.78 Å². The molecule has 0 bridgehead atoms. The van der Waals surface area contributed by atoms with E-state index in [4.69, 9.17) is 0 Å². The van der Waals surface area contributed by atoms with Crippen LogP contribution in [0.2, 0.25) is 0 Å². The third kappa shape index (κ3) is 2.24. The maximum atomic E-state index is 14.0. The molecule has 0 amide bonds. The molecule has 1 aliphatic heterocycles. The Morgan fingerprint density at radius 1 is 1.30 bits per heavy atom. The van der Waals surface area contributed by atoms with Gasteiger partial charge >= 0.3 is 0 Å². The molecule has 3 rings (SSSR count). The van der Waals surface area contributed by atoms with Crippen molar-refractivity contribution in [2.75, 3.05) is 5.75 Å². The number of thioether (sulfide) groups is 1. The van der Waals surface area contributed by atoms with Gasteiger partial charge in [-0.1, -0.05) is 13.8 Å². The first-order valence-electron chi connectivity index (χ1n) is 6.77. The summed E-state index contributed by atoms with van der Waals surface area (Å²) in [4.78, 5) is 0. The van der Waals surface area contributed by atoms with Crippen molar-refractivity contribution in [1.29, 1.82) is 0 Å². The van der Waals surface area contributed by atoms with E-state index in [2.05, 4.69) is 18.9 Å². The minimum Gasteiger partial charge on any atom is -0.258 e. The highest BCUT2D eigenvalue weighted by molar-refractivity contribution is 7.99. The van der Waals surface area contributed by atoms with Crippen molar-refractivity contribution >= 4 is 11.8 Å². The topological polar surface area (TPSA) is 17.8 Å². The van der Waals surface area contributed by atoms with Crippen molar-refractivity contribution in [2.24, 2.45) is 0 Å². The molecule has 0 N–H and O–H groups in total. The van der Waals surface area contributed by atoms with Crippen LogP contribution in [-0.2, 0) is 6.54 Å². The maximum Gasteiger partial charge on any atom is 0.135 e. The molecule has 1 aromatic heterocycles. The monoisotopic (exact) mass is 294 g/mol. The van der Waals surface area contributed by atoms with Gasteiger partial charge in [0.25, 0.3) is 0 Å². The van der Waals surface area contributed by atoms with E-state index in [0.29, 0.717) is 11.3 Å². The lowest BCUT2D eigenvalue weighted by Gasteiger charge is -2.15. The predicted octanol–water partition coefficient (Wildman–Crippen LogP) is 4.45. The van der Waals surface area contributed by atoms with Crippen molar-refractivity contribution in [3.05, 3.63) is 35.4 Å². The van der Waals surface area contributed by atoms with E-state index in [-0.39, 0.29) is 5.92 Å². The second kappa shape index (κ2) is 5.20. The lowest BCUT2D eigenvalue weighted by molar-refractivity contribution is 0.543. The van der Waals surface area contributed by atoms with Gasteiger partial charge in [0.15, 0.2) is 0 Å². The van der Waals surface area contributed by atoms with Gasteiger partial charge in [0.05, 0.1) is 10.7 Å². The summed E-state index contributed by atoms with van der Waals surface area (Å²) in [5.74, 6) is 0.211. The summed E-state index contributed by atoms with van der Waals surface area (Å²) in [6.07, 6.45) is 1.07. The van der Waals surface area contributed by atoms with Crippen LogP contribution in [0.4, 0.5) is 8.78 Å². The van der Waals surface area contributed by atoms with Gasteiger partial charge in [-0.3, -0.25) is 4.68 Å². The molecule has 0 radical (unpaired) electrons. The van der Waals surface area contributed by atoms with Crippen LogP contribution in [-0.4, -0.2) is 15.5 Å². The van der Waals surface area contributed by atoms with Crippen molar-refractivity contribution in [1.82, 2.24) is 9.78 Å². The summed E-state index contributed by atoms with van der Waals surface area (Å²) in [6.45, 7) is 5.03. The average Bonchev–Trinajstić information content (AvgIpc) is 2.77. The molecule has 0 aliphatic carbocycles. The SMILES string of the molecule is CC(C)c1c(-c2ccc(F)cc2F)nn2c1SCCC2. The molecule has 1 aliphatic rings. The molecule has 0 saturated carbocycles. The Hall–Kier alpha value is -1.36. The number of halogens is 2. The standard InChI is InChI=1S/C15H16F2N2S/c1-9(2)13-14(11-5-4-10(16)8-12(11)17)18-19-6-3-7-20-15(13)19/h4-5,8-9H,3,6-7H2,1-2H3. The molecule has 1 aromatic carbocycles. The Bertz CT molecular complexity index is 650. The third-order valence-corrected chi connectivity index (χ3v) is 4.65. The highest BCUT2D eigenvalue weighted by Crippen LogP contribution is 2.39. The van der Waals surface area contributed by atoms with Crippen molar-refractivity contribution in [3.8, 4) is 11.3 Å². The fourth-order valence-corrected chi connectivity index (χ4v) is 3.78. The second-order valence-corrected chi connectivity index (χ2v) is 6.36. The minimum absolute atomic E-state index is 0.254. The van der Waals surface area contributed by atoms with E-state index in [0.717, 1.165) is 35.4 Å². The van der Waals surface area contributed by atoms with Gasteiger partial charge in [0, 0.05) is 29.5 Å². The number of hydrogen-bond acceptors (Lipinski definition) is 2. The smallest absolute Gasteiger partial charge is 0.135 e. The van der Waals surface area contributed by atoms with E-state index >= 15 is 0 Å². The highest BCUT2D eigenvalue weighted by Gasteiger charge is 2.25. The van der Waals surface area contributed by atoms with Crippen LogP contribution < -0.4 is 0 Å². The number of fused-ring (bicyclic) bond motifs is 1. The van der Waals surface area contributed by atoms with Gasteiger partial charge in [-0.2, -0.15) is 5.10 Å². The average molecular weight is 294 g/mol. The van der Waals surface area contributed by atoms with Crippen LogP contribution in [0.1, 0.15) is 31.7 Å². The Labute approximate surface area is 121 Å². The largest absolute Gasteiger partial charge is 0.258 e. The lowest BCUT2D eigenvalue weighted by Crippen LogP contribution is -2.08. The van der Waals surface area contributed by atoms with E-state index in [1.165, 1.54) is 12.1 Å². The molecule has 20 heavy (non-hydrogen) atoms. The van der Waals surface area contributed by atoms with Gasteiger partial charge in [-0.15, -0.1) is 11.8 Å². The van der Waals surface area contributed by atoms with Gasteiger partial charge < -0.3 is 0 Å². The minimum atomic E-state index is -0.560. The number of aryl methyl sites for hydroxylation is 1. The van der Waals surface area contributed by atoms with E-state index in [1.807, 2.05) is 4.68 Å². The summed E-state index contributed by atoms with van der Waals surface area (Å²) < 4.78 is 29.1. The lowest BCUT2D eigenvalue weighted by atomic mass is 9.99. The molecule has 106 valence electrons. The van der Waals surface area contributed by atoms with Crippen LogP contribution in [0.5, 0.6) is 0 Å².